The van der Waals surface area contributed by atoms with Gasteiger partial charge in [-0.2, -0.15) is 0 Å². The zero-order valence-electron chi connectivity index (χ0n) is 15.5. The third-order valence-electron chi connectivity index (χ3n) is 4.40. The normalized spacial score (nSPS) is 15.1. The number of carbonyl (C=O) groups is 3. The fraction of sp³-hybridized carbons (Fsp3) is 0.250. The Balaban J connectivity index is 1.33. The van der Waals surface area contributed by atoms with Gasteiger partial charge in [0.1, 0.15) is 0 Å². The van der Waals surface area contributed by atoms with Crippen molar-refractivity contribution in [3.8, 4) is 11.5 Å². The van der Waals surface area contributed by atoms with Crippen molar-refractivity contribution in [2.45, 2.75) is 24.5 Å². The van der Waals surface area contributed by atoms with E-state index in [1.165, 1.54) is 18.7 Å². The molecule has 2 aliphatic heterocycles. The second-order valence-electron chi connectivity index (χ2n) is 6.50. The molecule has 0 aliphatic carbocycles. The molecule has 2 N–H and O–H groups in total. The summed E-state index contributed by atoms with van der Waals surface area (Å²) in [7, 11) is 0. The van der Waals surface area contributed by atoms with Crippen LogP contribution in [0.4, 0.5) is 5.69 Å². The predicted octanol–water partition coefficient (Wildman–Crippen LogP) is 2.32. The Bertz CT molecular complexity index is 993. The highest BCUT2D eigenvalue weighted by Gasteiger charge is 2.22. The third-order valence-corrected chi connectivity index (χ3v) is 5.48. The Morgan fingerprint density at radius 1 is 1.21 bits per heavy atom. The Morgan fingerprint density at radius 2 is 2.03 bits per heavy atom. The van der Waals surface area contributed by atoms with Crippen molar-refractivity contribution >= 4 is 35.2 Å². The van der Waals surface area contributed by atoms with Crippen LogP contribution in [0.15, 0.2) is 41.3 Å². The van der Waals surface area contributed by atoms with Crippen LogP contribution >= 0.6 is 11.8 Å². The quantitative estimate of drug-likeness (QED) is 0.724. The van der Waals surface area contributed by atoms with Gasteiger partial charge < -0.3 is 24.8 Å². The molecule has 2 heterocycles. The van der Waals surface area contributed by atoms with E-state index in [1.807, 2.05) is 6.07 Å². The summed E-state index contributed by atoms with van der Waals surface area (Å²) in [5, 5.41) is 5.45. The van der Waals surface area contributed by atoms with E-state index in [4.69, 9.17) is 14.2 Å². The number of nitrogens with one attached hydrogen (secondary N) is 2. The van der Waals surface area contributed by atoms with E-state index in [1.54, 1.807) is 30.3 Å². The molecule has 29 heavy (non-hydrogen) atoms. The highest BCUT2D eigenvalue weighted by molar-refractivity contribution is 8.00. The molecule has 0 aromatic heterocycles. The van der Waals surface area contributed by atoms with Crippen LogP contribution in [-0.2, 0) is 20.9 Å². The number of thioether (sulfide) groups is 1. The van der Waals surface area contributed by atoms with Gasteiger partial charge >= 0.3 is 5.97 Å². The van der Waals surface area contributed by atoms with Gasteiger partial charge in [0.15, 0.2) is 17.6 Å². The molecular weight excluding hydrogens is 396 g/mol. The summed E-state index contributed by atoms with van der Waals surface area (Å²) in [5.41, 5.74) is 1.67. The molecule has 0 unspecified atom stereocenters. The number of anilines is 1. The first-order valence-electron chi connectivity index (χ1n) is 8.93. The summed E-state index contributed by atoms with van der Waals surface area (Å²) >= 11 is 1.40. The summed E-state index contributed by atoms with van der Waals surface area (Å²) in [5.74, 6) is 0.471. The molecule has 0 saturated heterocycles. The largest absolute Gasteiger partial charge is 0.454 e. The Kier molecular flexibility index (Phi) is 5.30. The number of hydrogen-bond acceptors (Lipinski definition) is 7. The second-order valence-corrected chi connectivity index (χ2v) is 7.52. The maximum absolute atomic E-state index is 12.4. The van der Waals surface area contributed by atoms with Crippen molar-refractivity contribution in [3.05, 3.63) is 47.5 Å². The van der Waals surface area contributed by atoms with Crippen LogP contribution in [0.3, 0.4) is 0 Å². The lowest BCUT2D eigenvalue weighted by Gasteiger charge is -2.17. The maximum Gasteiger partial charge on any atom is 0.338 e. The van der Waals surface area contributed by atoms with Crippen molar-refractivity contribution in [2.75, 3.05) is 17.9 Å². The number of benzene rings is 2. The Hall–Kier alpha value is -3.20. The number of rotatable bonds is 5. The average Bonchev–Trinajstić information content (AvgIpc) is 3.19. The molecule has 0 fully saturated rings. The van der Waals surface area contributed by atoms with E-state index in [0.29, 0.717) is 22.9 Å². The van der Waals surface area contributed by atoms with E-state index >= 15 is 0 Å². The van der Waals surface area contributed by atoms with Gasteiger partial charge in [-0.05, 0) is 42.8 Å². The van der Waals surface area contributed by atoms with Crippen LogP contribution in [0.2, 0.25) is 0 Å². The molecule has 9 heteroatoms. The van der Waals surface area contributed by atoms with E-state index < -0.39 is 18.0 Å². The topological polar surface area (TPSA) is 103 Å². The minimum absolute atomic E-state index is 0.121. The van der Waals surface area contributed by atoms with Crippen molar-refractivity contribution in [1.29, 1.82) is 0 Å². The van der Waals surface area contributed by atoms with Crippen LogP contribution in [0.1, 0.15) is 22.8 Å². The molecule has 8 nitrogen and oxygen atoms in total. The predicted molar refractivity (Wildman–Crippen MR) is 105 cm³/mol. The summed E-state index contributed by atoms with van der Waals surface area (Å²) in [4.78, 5) is 37.1. The minimum Gasteiger partial charge on any atom is -0.454 e. The number of hydrogen-bond donors (Lipinski definition) is 2. The first-order valence-corrected chi connectivity index (χ1v) is 9.92. The molecule has 0 saturated carbocycles. The lowest BCUT2D eigenvalue weighted by molar-refractivity contribution is -0.129. The van der Waals surface area contributed by atoms with E-state index in [2.05, 4.69) is 10.6 Å². The summed E-state index contributed by atoms with van der Waals surface area (Å²) in [6.45, 7) is 1.95. The standard InChI is InChI=1S/C20H18N2O6S/c1-11(19(24)21-8-12-2-4-15-16(6-12)27-10-26-15)28-20(25)13-3-5-17-14(7-13)22-18(23)9-29-17/h2-7,11H,8-10H2,1H3,(H,21,24)(H,22,23)/t11-/m0/s1. The lowest BCUT2D eigenvalue weighted by Crippen LogP contribution is -2.35. The molecule has 0 radical (unpaired) electrons. The van der Waals surface area contributed by atoms with Crippen LogP contribution < -0.4 is 20.1 Å². The molecule has 0 spiro atoms. The van der Waals surface area contributed by atoms with Gasteiger partial charge in [-0.1, -0.05) is 6.07 Å². The van der Waals surface area contributed by atoms with Gasteiger partial charge in [-0.3, -0.25) is 9.59 Å². The van der Waals surface area contributed by atoms with E-state index in [-0.39, 0.29) is 24.8 Å². The molecule has 4 rings (SSSR count). The number of fused-ring (bicyclic) bond motifs is 2. The monoisotopic (exact) mass is 414 g/mol. The summed E-state index contributed by atoms with van der Waals surface area (Å²) in [6.07, 6.45) is -0.975. The van der Waals surface area contributed by atoms with Crippen molar-refractivity contribution < 1.29 is 28.6 Å². The van der Waals surface area contributed by atoms with Crippen LogP contribution in [0.25, 0.3) is 0 Å². The summed E-state index contributed by atoms with van der Waals surface area (Å²) < 4.78 is 15.8. The van der Waals surface area contributed by atoms with Gasteiger partial charge in [-0.15, -0.1) is 11.8 Å². The van der Waals surface area contributed by atoms with Crippen LogP contribution in [-0.4, -0.2) is 36.4 Å². The zero-order valence-corrected chi connectivity index (χ0v) is 16.3. The molecule has 2 aliphatic rings. The van der Waals surface area contributed by atoms with Gasteiger partial charge in [0.05, 0.1) is 17.0 Å². The number of ether oxygens (including phenoxy) is 3. The van der Waals surface area contributed by atoms with Crippen molar-refractivity contribution in [3.63, 3.8) is 0 Å². The highest BCUT2D eigenvalue weighted by Crippen LogP contribution is 2.33. The summed E-state index contributed by atoms with van der Waals surface area (Å²) in [6, 6.07) is 10.3. The van der Waals surface area contributed by atoms with Gasteiger partial charge in [0.2, 0.25) is 12.7 Å². The molecule has 150 valence electrons. The molecule has 0 bridgehead atoms. The van der Waals surface area contributed by atoms with Crippen LogP contribution in [0.5, 0.6) is 11.5 Å². The van der Waals surface area contributed by atoms with Gasteiger partial charge in [-0.25, -0.2) is 4.79 Å². The lowest BCUT2D eigenvalue weighted by atomic mass is 10.2. The Labute approximate surface area is 170 Å². The van der Waals surface area contributed by atoms with Gasteiger partial charge in [0, 0.05) is 11.4 Å². The first kappa shape index (κ1) is 19.1. The van der Waals surface area contributed by atoms with E-state index in [0.717, 1.165) is 10.5 Å². The third kappa shape index (κ3) is 4.29. The molecule has 1 atom stereocenters. The molecular formula is C20H18N2O6S. The number of carbonyl (C=O) groups excluding carboxylic acids is 3. The number of amides is 2. The first-order chi connectivity index (χ1) is 14.0. The fourth-order valence-electron chi connectivity index (χ4n) is 2.88. The molecule has 2 aromatic rings. The number of esters is 1. The SMILES string of the molecule is C[C@H](OC(=O)c1ccc2c(c1)NC(=O)CS2)C(=O)NCc1ccc2c(c1)OCO2. The average molecular weight is 414 g/mol. The second kappa shape index (κ2) is 8.04. The smallest absolute Gasteiger partial charge is 0.338 e. The zero-order chi connectivity index (χ0) is 20.4. The fourth-order valence-corrected chi connectivity index (χ4v) is 3.66. The van der Waals surface area contributed by atoms with Gasteiger partial charge in [0.25, 0.3) is 5.91 Å². The minimum atomic E-state index is -0.975. The van der Waals surface area contributed by atoms with E-state index in [9.17, 15) is 14.4 Å². The Morgan fingerprint density at radius 3 is 2.90 bits per heavy atom. The van der Waals surface area contributed by atoms with Crippen molar-refractivity contribution in [2.24, 2.45) is 0 Å². The van der Waals surface area contributed by atoms with Crippen LogP contribution in [0, 0.1) is 0 Å². The molecule has 2 aromatic carbocycles. The molecule has 2 amide bonds. The maximum atomic E-state index is 12.4. The van der Waals surface area contributed by atoms with Crippen molar-refractivity contribution in [1.82, 2.24) is 5.32 Å². The highest BCUT2D eigenvalue weighted by atomic mass is 32.2.